The van der Waals surface area contributed by atoms with Gasteiger partial charge in [0.2, 0.25) is 0 Å². The summed E-state index contributed by atoms with van der Waals surface area (Å²) in [6, 6.07) is 14.4. The predicted octanol–water partition coefficient (Wildman–Crippen LogP) is 4.04. The second-order valence-corrected chi connectivity index (χ2v) is 6.51. The summed E-state index contributed by atoms with van der Waals surface area (Å²) >= 11 is 5.26. The normalized spacial score (nSPS) is 11.0. The number of halogens is 1. The van der Waals surface area contributed by atoms with Gasteiger partial charge in [-0.05, 0) is 36.7 Å². The number of para-hydroxylation sites is 1. The predicted molar refractivity (Wildman–Crippen MR) is 90.6 cm³/mol. The van der Waals surface area contributed by atoms with Gasteiger partial charge < -0.3 is 5.73 Å². The van der Waals surface area contributed by atoms with Crippen LogP contribution in [0.5, 0.6) is 0 Å². The van der Waals surface area contributed by atoms with Crippen molar-refractivity contribution >= 4 is 38.6 Å². The van der Waals surface area contributed by atoms with E-state index in [1.807, 2.05) is 18.2 Å². The third-order valence-electron chi connectivity index (χ3n) is 3.16. The summed E-state index contributed by atoms with van der Waals surface area (Å²) in [6.45, 7) is 0.654. The molecule has 3 aromatic rings. The third kappa shape index (κ3) is 3.26. The van der Waals surface area contributed by atoms with E-state index in [0.29, 0.717) is 6.54 Å². The Morgan fingerprint density at radius 1 is 1.10 bits per heavy atom. The van der Waals surface area contributed by atoms with Gasteiger partial charge >= 0.3 is 0 Å². The molecule has 3 rings (SSSR count). The van der Waals surface area contributed by atoms with Crippen molar-refractivity contribution < 1.29 is 0 Å². The summed E-state index contributed by atoms with van der Waals surface area (Å²) in [5.74, 6) is 0. The number of aromatic nitrogens is 2. The fraction of sp³-hybridized carbons (Fsp3) is 0.125. The topological polar surface area (TPSA) is 51.8 Å². The number of hydrogen-bond donors (Lipinski definition) is 1. The summed E-state index contributed by atoms with van der Waals surface area (Å²) in [5, 5.41) is 2.05. The molecule has 0 amide bonds. The number of hydrogen-bond acceptors (Lipinski definition) is 4. The highest BCUT2D eigenvalue weighted by Crippen LogP contribution is 2.33. The van der Waals surface area contributed by atoms with Gasteiger partial charge in [-0.1, -0.05) is 52.0 Å². The Morgan fingerprint density at radius 2 is 1.95 bits per heavy atom. The molecule has 0 saturated heterocycles. The van der Waals surface area contributed by atoms with Crippen molar-refractivity contribution in [2.45, 2.75) is 16.3 Å². The maximum Gasteiger partial charge on any atom is 0.117 e. The van der Waals surface area contributed by atoms with E-state index < -0.39 is 0 Å². The first-order valence-corrected chi connectivity index (χ1v) is 8.25. The van der Waals surface area contributed by atoms with E-state index in [1.54, 1.807) is 18.1 Å². The van der Waals surface area contributed by atoms with E-state index in [1.165, 1.54) is 5.56 Å². The van der Waals surface area contributed by atoms with E-state index in [4.69, 9.17) is 5.73 Å². The minimum atomic E-state index is 0.654. The fourth-order valence-electron chi connectivity index (χ4n) is 2.12. The fourth-order valence-corrected chi connectivity index (χ4v) is 3.77. The maximum absolute atomic E-state index is 5.61. The molecule has 21 heavy (non-hydrogen) atoms. The van der Waals surface area contributed by atoms with E-state index in [9.17, 15) is 0 Å². The standard InChI is InChI=1S/C16H14BrN3S/c17-14-9-12(6-5-11(14)7-8-18)21-16-13-3-1-2-4-15(13)19-10-20-16/h1-6,9-10H,7-8,18H2. The van der Waals surface area contributed by atoms with Crippen LogP contribution in [0.2, 0.25) is 0 Å². The summed E-state index contributed by atoms with van der Waals surface area (Å²) < 4.78 is 1.09. The van der Waals surface area contributed by atoms with Crippen LogP contribution in [0.15, 0.2) is 63.2 Å². The van der Waals surface area contributed by atoms with Crippen molar-refractivity contribution in [1.29, 1.82) is 0 Å². The highest BCUT2D eigenvalue weighted by atomic mass is 79.9. The molecule has 106 valence electrons. The van der Waals surface area contributed by atoms with Gasteiger partial charge in [-0.15, -0.1) is 0 Å². The Morgan fingerprint density at radius 3 is 2.76 bits per heavy atom. The second-order valence-electron chi connectivity index (χ2n) is 4.59. The molecule has 0 aliphatic heterocycles. The Bertz CT molecular complexity index is 771. The average Bonchev–Trinajstić information content (AvgIpc) is 2.51. The van der Waals surface area contributed by atoms with Crippen LogP contribution in [0.4, 0.5) is 0 Å². The van der Waals surface area contributed by atoms with Crippen molar-refractivity contribution in [2.75, 3.05) is 6.54 Å². The molecule has 0 fully saturated rings. The molecule has 0 unspecified atom stereocenters. The zero-order chi connectivity index (χ0) is 14.7. The Hall–Kier alpha value is -1.43. The molecule has 0 bridgehead atoms. The minimum absolute atomic E-state index is 0.654. The molecule has 0 atom stereocenters. The van der Waals surface area contributed by atoms with Crippen LogP contribution in [-0.4, -0.2) is 16.5 Å². The lowest BCUT2D eigenvalue weighted by Crippen LogP contribution is -2.03. The smallest absolute Gasteiger partial charge is 0.117 e. The second kappa shape index (κ2) is 6.56. The first-order chi connectivity index (χ1) is 10.3. The van der Waals surface area contributed by atoms with Gasteiger partial charge in [0.05, 0.1) is 5.52 Å². The highest BCUT2D eigenvalue weighted by molar-refractivity contribution is 9.10. The number of nitrogens with zero attached hydrogens (tertiary/aromatic N) is 2. The van der Waals surface area contributed by atoms with Crippen molar-refractivity contribution in [3.8, 4) is 0 Å². The molecule has 0 radical (unpaired) electrons. The number of rotatable bonds is 4. The largest absolute Gasteiger partial charge is 0.330 e. The maximum atomic E-state index is 5.61. The number of benzene rings is 2. The molecule has 2 aromatic carbocycles. The van der Waals surface area contributed by atoms with E-state index >= 15 is 0 Å². The number of nitrogens with two attached hydrogens (primary N) is 1. The van der Waals surface area contributed by atoms with Gasteiger partial charge in [0.15, 0.2) is 0 Å². The molecule has 3 nitrogen and oxygen atoms in total. The van der Waals surface area contributed by atoms with Crippen molar-refractivity contribution in [3.05, 3.63) is 58.8 Å². The minimum Gasteiger partial charge on any atom is -0.330 e. The van der Waals surface area contributed by atoms with E-state index in [2.05, 4.69) is 50.2 Å². The van der Waals surface area contributed by atoms with Gasteiger partial charge in [-0.25, -0.2) is 9.97 Å². The first-order valence-electron chi connectivity index (χ1n) is 6.64. The zero-order valence-corrected chi connectivity index (χ0v) is 13.7. The van der Waals surface area contributed by atoms with Crippen LogP contribution in [0, 0.1) is 0 Å². The lowest BCUT2D eigenvalue weighted by atomic mass is 10.1. The number of fused-ring (bicyclic) bond motifs is 1. The van der Waals surface area contributed by atoms with Gasteiger partial charge in [-0.3, -0.25) is 0 Å². The molecular weight excluding hydrogens is 346 g/mol. The van der Waals surface area contributed by atoms with Crippen LogP contribution >= 0.6 is 27.7 Å². The summed E-state index contributed by atoms with van der Waals surface area (Å²) in [5.41, 5.74) is 7.81. The van der Waals surface area contributed by atoms with Crippen LogP contribution in [0.25, 0.3) is 10.9 Å². The van der Waals surface area contributed by atoms with E-state index in [0.717, 1.165) is 31.7 Å². The summed E-state index contributed by atoms with van der Waals surface area (Å²) in [4.78, 5) is 9.84. The van der Waals surface area contributed by atoms with Crippen molar-refractivity contribution in [1.82, 2.24) is 9.97 Å². The van der Waals surface area contributed by atoms with Crippen LogP contribution in [0.1, 0.15) is 5.56 Å². The summed E-state index contributed by atoms with van der Waals surface area (Å²) in [6.07, 6.45) is 2.49. The molecule has 2 N–H and O–H groups in total. The first kappa shape index (κ1) is 14.5. The third-order valence-corrected chi connectivity index (χ3v) is 4.91. The molecule has 5 heteroatoms. The molecule has 1 aromatic heterocycles. The van der Waals surface area contributed by atoms with Gasteiger partial charge in [0.1, 0.15) is 11.4 Å². The molecule has 0 aliphatic rings. The van der Waals surface area contributed by atoms with E-state index in [-0.39, 0.29) is 0 Å². The molecule has 0 spiro atoms. The molecule has 0 aliphatic carbocycles. The zero-order valence-electron chi connectivity index (χ0n) is 11.3. The molecule has 0 saturated carbocycles. The highest BCUT2D eigenvalue weighted by Gasteiger charge is 2.07. The average molecular weight is 360 g/mol. The Balaban J connectivity index is 1.93. The lowest BCUT2D eigenvalue weighted by molar-refractivity contribution is 0.960. The summed E-state index contributed by atoms with van der Waals surface area (Å²) in [7, 11) is 0. The lowest BCUT2D eigenvalue weighted by Gasteiger charge is -2.07. The Labute approximate surface area is 136 Å². The van der Waals surface area contributed by atoms with Gasteiger partial charge in [-0.2, -0.15) is 0 Å². The SMILES string of the molecule is NCCc1ccc(Sc2ncnc3ccccc23)cc1Br. The van der Waals surface area contributed by atoms with Crippen LogP contribution < -0.4 is 5.73 Å². The quantitative estimate of drug-likeness (QED) is 0.714. The monoisotopic (exact) mass is 359 g/mol. The Kier molecular flexibility index (Phi) is 4.53. The van der Waals surface area contributed by atoms with Crippen molar-refractivity contribution in [2.24, 2.45) is 5.73 Å². The molecule has 1 heterocycles. The van der Waals surface area contributed by atoms with Gasteiger partial charge in [0.25, 0.3) is 0 Å². The van der Waals surface area contributed by atoms with Gasteiger partial charge in [0, 0.05) is 14.8 Å². The van der Waals surface area contributed by atoms with Crippen LogP contribution in [0.3, 0.4) is 0 Å². The van der Waals surface area contributed by atoms with Crippen LogP contribution in [-0.2, 0) is 6.42 Å². The molecular formula is C16H14BrN3S. The van der Waals surface area contributed by atoms with Crippen molar-refractivity contribution in [3.63, 3.8) is 0 Å².